The number of nitrogens with one attached hydrogen (secondary N) is 2. The number of carbonyl (C=O) groups excluding carboxylic acids is 1. The Kier molecular flexibility index (Phi) is 1.26. The van der Waals surface area contributed by atoms with Crippen LogP contribution in [0.5, 0.6) is 5.75 Å². The van der Waals surface area contributed by atoms with Crippen LogP contribution in [-0.4, -0.2) is 24.4 Å². The molecule has 2 N–H and O–H groups in total. The fourth-order valence-electron chi connectivity index (χ4n) is 1.42. The van der Waals surface area contributed by atoms with Crippen molar-refractivity contribution in [2.75, 3.05) is 13.5 Å². The molecule has 0 saturated carbocycles. The molecule has 17 heavy (non-hydrogen) atoms. The Hall–Kier alpha value is -1.97. The highest BCUT2D eigenvalue weighted by atomic mass is 16.5. The largest absolute Gasteiger partial charge is 0.497 e. The summed E-state index contributed by atoms with van der Waals surface area (Å²) >= 11 is 0. The van der Waals surface area contributed by atoms with Gasteiger partial charge in [0.05, 0.1) is 11.2 Å². The van der Waals surface area contributed by atoms with Gasteiger partial charge in [-0.15, -0.1) is 0 Å². The quantitative estimate of drug-likeness (QED) is 0.806. The summed E-state index contributed by atoms with van der Waals surface area (Å²) in [6.07, 6.45) is -1.70. The molecule has 2 aromatic rings. The summed E-state index contributed by atoms with van der Waals surface area (Å²) in [6, 6.07) is 3.98. The van der Waals surface area contributed by atoms with Gasteiger partial charge in [0.15, 0.2) is 0 Å². The average Bonchev–Trinajstić information content (AvgIpc) is 2.87. The van der Waals surface area contributed by atoms with Crippen molar-refractivity contribution in [2.24, 2.45) is 0 Å². The predicted molar refractivity (Wildman–Crippen MR) is 67.2 cm³/mol. The maximum atomic E-state index is 11.6. The van der Waals surface area contributed by atoms with Crippen molar-refractivity contribution in [3.8, 4) is 5.75 Å². The summed E-state index contributed by atoms with van der Waals surface area (Å²) in [5.41, 5.74) is 0.119. The number of hydrogen-bond donors (Lipinski definition) is 2. The number of rotatable bonds is 4. The summed E-state index contributed by atoms with van der Waals surface area (Å²) < 4.78 is 79.1. The molecule has 0 radical (unpaired) electrons. The minimum atomic E-state index is -3.15. The molecule has 0 saturated heterocycles. The lowest BCUT2D eigenvalue weighted by molar-refractivity contribution is -0.118. The van der Waals surface area contributed by atoms with Crippen LogP contribution in [0.1, 0.15) is 26.1 Å². The monoisotopic (exact) mass is 244 g/mol. The second-order valence-corrected chi connectivity index (χ2v) is 3.22. The van der Waals surface area contributed by atoms with Crippen LogP contribution in [0, 0.1) is 0 Å². The third kappa shape index (κ3) is 2.58. The number of aromatic nitrogens is 1. The molecule has 0 unspecified atom stereocenters. The highest BCUT2D eigenvalue weighted by molar-refractivity contribution is 5.84. The summed E-state index contributed by atoms with van der Waals surface area (Å²) in [6.45, 7) is -6.22. The second-order valence-electron chi connectivity index (χ2n) is 3.22. The van der Waals surface area contributed by atoms with Crippen molar-refractivity contribution in [3.63, 3.8) is 0 Å². The van der Waals surface area contributed by atoms with Crippen LogP contribution in [0.2, 0.25) is 0 Å². The van der Waals surface area contributed by atoms with E-state index in [-0.39, 0.29) is 16.7 Å². The highest BCUT2D eigenvalue weighted by Gasteiger charge is 2.05. The van der Waals surface area contributed by atoms with E-state index >= 15 is 0 Å². The van der Waals surface area contributed by atoms with Gasteiger partial charge in [-0.1, -0.05) is 0 Å². The van der Waals surface area contributed by atoms with Crippen LogP contribution in [0.4, 0.5) is 0 Å². The van der Waals surface area contributed by atoms with E-state index in [0.717, 1.165) is 6.20 Å². The fraction of sp³-hybridized carbons (Fsp3) is 0.308. The second kappa shape index (κ2) is 4.91. The molecule has 0 fully saturated rings. The van der Waals surface area contributed by atoms with Gasteiger partial charge < -0.3 is 15.0 Å². The summed E-state index contributed by atoms with van der Waals surface area (Å²) in [4.78, 5) is 14.3. The fourth-order valence-corrected chi connectivity index (χ4v) is 1.42. The van der Waals surface area contributed by atoms with E-state index < -0.39 is 32.7 Å². The lowest BCUT2D eigenvalue weighted by Gasteiger charge is -2.03. The Morgan fingerprint density at radius 2 is 2.59 bits per heavy atom. The molecule has 1 heterocycles. The average molecular weight is 244 g/mol. The molecule has 1 aromatic carbocycles. The summed E-state index contributed by atoms with van der Waals surface area (Å²) in [7, 11) is -2.73. The number of benzene rings is 1. The number of hydrogen-bond acceptors (Lipinski definition) is 2. The smallest absolute Gasteiger partial charge is 0.216 e. The topological polar surface area (TPSA) is 54.1 Å². The van der Waals surface area contributed by atoms with Crippen molar-refractivity contribution in [3.05, 3.63) is 30.0 Å². The lowest BCUT2D eigenvalue weighted by atomic mass is 10.1. The molecule has 2 rings (SSSR count). The molecule has 0 bridgehead atoms. The first kappa shape index (κ1) is 4.37. The molecule has 0 spiro atoms. The van der Waals surface area contributed by atoms with Gasteiger partial charge in [-0.25, -0.2) is 0 Å². The molecule has 1 aromatic heterocycles. The van der Waals surface area contributed by atoms with Gasteiger partial charge in [0, 0.05) is 40.0 Å². The van der Waals surface area contributed by atoms with Crippen molar-refractivity contribution >= 4 is 16.8 Å². The zero-order chi connectivity index (χ0) is 20.8. The Labute approximate surface area is 114 Å². The van der Waals surface area contributed by atoms with Gasteiger partial charge >= 0.3 is 0 Å². The number of aryl methyl sites for hydroxylation is 1. The van der Waals surface area contributed by atoms with Gasteiger partial charge in [0.2, 0.25) is 5.91 Å². The minimum absolute atomic E-state index is 0.0914. The number of methoxy groups -OCH3 is 1. The van der Waals surface area contributed by atoms with Crippen LogP contribution >= 0.6 is 0 Å². The molecular weight excluding hydrogens is 218 g/mol. The third-order valence-electron chi connectivity index (χ3n) is 2.14. The van der Waals surface area contributed by atoms with Crippen LogP contribution in [0.25, 0.3) is 10.9 Å². The van der Waals surface area contributed by atoms with Gasteiger partial charge in [0.25, 0.3) is 0 Å². The van der Waals surface area contributed by atoms with Crippen molar-refractivity contribution in [1.82, 2.24) is 10.3 Å². The maximum Gasteiger partial charge on any atom is 0.216 e. The van der Waals surface area contributed by atoms with E-state index in [4.69, 9.17) is 18.4 Å². The number of fused-ring (bicyclic) bond motifs is 1. The molecule has 1 amide bonds. The van der Waals surface area contributed by atoms with Crippen LogP contribution in [0.15, 0.2) is 24.4 Å². The van der Waals surface area contributed by atoms with Gasteiger partial charge in [-0.3, -0.25) is 4.79 Å². The third-order valence-corrected chi connectivity index (χ3v) is 2.14. The Morgan fingerprint density at radius 1 is 1.65 bits per heavy atom. The number of ether oxygens (including phenoxy) is 1. The van der Waals surface area contributed by atoms with Gasteiger partial charge in [-0.2, -0.15) is 0 Å². The molecule has 4 nitrogen and oxygen atoms in total. The standard InChI is InChI=1S/C13H16N2O2/c1-9(16)14-6-5-10-8-15-13-4-3-11(17-2)7-12(10)13/h3-4,7-8,15H,5-6H2,1-2H3,(H,14,16)/i1+1D3,2D3,5D2,6+1D2. The first-order valence-electron chi connectivity index (χ1n) is 9.68. The summed E-state index contributed by atoms with van der Waals surface area (Å²) in [5, 5.41) is 1.68. The Bertz CT molecular complexity index is 853. The van der Waals surface area contributed by atoms with E-state index in [9.17, 15) is 4.79 Å². The van der Waals surface area contributed by atoms with E-state index in [2.05, 4.69) is 4.98 Å². The van der Waals surface area contributed by atoms with Crippen molar-refractivity contribution in [2.45, 2.75) is 13.2 Å². The number of carbonyl (C=O) groups is 1. The zero-order valence-corrected chi connectivity index (χ0v) is 8.63. The van der Waals surface area contributed by atoms with E-state index in [1.54, 1.807) is 5.32 Å². The van der Waals surface area contributed by atoms with E-state index in [1.807, 2.05) is 0 Å². The lowest BCUT2D eigenvalue weighted by Crippen LogP contribution is -2.22. The molecule has 0 aliphatic heterocycles. The first-order chi connectivity index (χ1) is 12.0. The van der Waals surface area contributed by atoms with Crippen molar-refractivity contribution < 1.29 is 23.2 Å². The van der Waals surface area contributed by atoms with Crippen LogP contribution in [0.3, 0.4) is 0 Å². The van der Waals surface area contributed by atoms with Gasteiger partial charge in [0.1, 0.15) is 5.75 Å². The molecule has 0 atom stereocenters. The van der Waals surface area contributed by atoms with E-state index in [0.29, 0.717) is 5.52 Å². The van der Waals surface area contributed by atoms with Gasteiger partial charge in [-0.05, 0) is 30.1 Å². The minimum Gasteiger partial charge on any atom is -0.497 e. The number of H-pyrrole nitrogens is 1. The normalized spacial score (nSPS) is 22.4. The molecule has 90 valence electrons. The number of aromatic amines is 1. The van der Waals surface area contributed by atoms with E-state index in [1.165, 1.54) is 18.2 Å². The Morgan fingerprint density at radius 3 is 3.41 bits per heavy atom. The first-order valence-corrected chi connectivity index (χ1v) is 4.68. The Balaban J connectivity index is 2.46. The molecular formula is C13H16N2O2. The van der Waals surface area contributed by atoms with Crippen LogP contribution in [-0.2, 0) is 11.2 Å². The summed E-state index contributed by atoms with van der Waals surface area (Å²) in [5.74, 6) is -1.73. The number of amides is 1. The van der Waals surface area contributed by atoms with Crippen molar-refractivity contribution in [1.29, 1.82) is 0 Å². The molecule has 0 aliphatic rings. The SMILES string of the molecule is [2H]C([2H])([2H])Oc1ccc2[nH]cc(C([2H])([2H])[13C]([2H])([2H])NC(=O)[13C]([2H])([2H])[2H])c2c1. The predicted octanol–water partition coefficient (Wildman–Crippen LogP) is 1.86. The highest BCUT2D eigenvalue weighted by Crippen LogP contribution is 2.23. The maximum absolute atomic E-state index is 11.6. The van der Waals surface area contributed by atoms with Crippen LogP contribution < -0.4 is 10.1 Å². The zero-order valence-electron chi connectivity index (χ0n) is 18.6. The molecule has 4 heteroatoms. The molecule has 0 aliphatic carbocycles.